The molecular formula is C47H56N10O7S. The number of hydrogen-bond donors (Lipinski definition) is 5. The molecule has 0 spiro atoms. The summed E-state index contributed by atoms with van der Waals surface area (Å²) in [5, 5.41) is 17.7. The number of fused-ring (bicyclic) bond motifs is 1. The molecule has 5 aromatic rings. The average molecular weight is 905 g/mol. The third kappa shape index (κ3) is 12.8. The maximum absolute atomic E-state index is 14.5. The first-order valence-electron chi connectivity index (χ1n) is 21.7. The summed E-state index contributed by atoms with van der Waals surface area (Å²) in [6.07, 6.45) is 9.18. The summed E-state index contributed by atoms with van der Waals surface area (Å²) >= 11 is 1.45. The van der Waals surface area contributed by atoms with Gasteiger partial charge in [-0.2, -0.15) is 0 Å². The summed E-state index contributed by atoms with van der Waals surface area (Å²) in [5.74, 6) is -2.18. The third-order valence-electron chi connectivity index (χ3n) is 10.4. The lowest BCUT2D eigenvalue weighted by molar-refractivity contribution is -0.140. The SMILES string of the molecule is CC/C=C/CCCC(=O)Nc1ccccc1NC(=O)C(=O)CNC(=O)[C@@H]1C[C@H](Oc2cc(-c3csc(NC(C)C)n3)nc3cc(OC)ccc23)CN1C(=O)C(Nc1ncccn1)C(C)C. The fourth-order valence-corrected chi connectivity index (χ4v) is 7.98. The van der Waals surface area contributed by atoms with Gasteiger partial charge in [-0.3, -0.25) is 24.0 Å². The van der Waals surface area contributed by atoms with Crippen molar-refractivity contribution in [1.29, 1.82) is 0 Å². The molecule has 4 heterocycles. The molecule has 3 atom stereocenters. The van der Waals surface area contributed by atoms with Gasteiger partial charge in [0.2, 0.25) is 29.5 Å². The second kappa shape index (κ2) is 22.6. The summed E-state index contributed by atoms with van der Waals surface area (Å²) in [5.41, 5.74) is 2.34. The molecule has 6 rings (SSSR count). The lowest BCUT2D eigenvalue weighted by Gasteiger charge is -2.30. The second-order valence-electron chi connectivity index (χ2n) is 16.1. The van der Waals surface area contributed by atoms with E-state index < -0.39 is 48.2 Å². The average Bonchev–Trinajstić information content (AvgIpc) is 3.95. The number of rotatable bonds is 21. The van der Waals surface area contributed by atoms with E-state index in [1.54, 1.807) is 68.0 Å². The Balaban J connectivity index is 1.21. The fraction of sp³-hybridized carbons (Fsp3) is 0.383. The maximum atomic E-state index is 14.5. The van der Waals surface area contributed by atoms with Gasteiger partial charge in [0, 0.05) is 54.2 Å². The van der Waals surface area contributed by atoms with Gasteiger partial charge >= 0.3 is 0 Å². The summed E-state index contributed by atoms with van der Waals surface area (Å²) in [7, 11) is 1.57. The molecule has 65 heavy (non-hydrogen) atoms. The zero-order valence-electron chi connectivity index (χ0n) is 37.4. The molecular weight excluding hydrogens is 849 g/mol. The summed E-state index contributed by atoms with van der Waals surface area (Å²) in [6.45, 7) is 9.19. The van der Waals surface area contributed by atoms with Crippen LogP contribution in [0.4, 0.5) is 22.5 Å². The molecule has 1 saturated heterocycles. The molecule has 3 aromatic heterocycles. The zero-order chi connectivity index (χ0) is 46.5. The smallest absolute Gasteiger partial charge is 0.293 e. The predicted molar refractivity (Wildman–Crippen MR) is 252 cm³/mol. The fourth-order valence-electron chi connectivity index (χ4n) is 7.13. The highest BCUT2D eigenvalue weighted by Crippen LogP contribution is 2.36. The van der Waals surface area contributed by atoms with Crippen LogP contribution in [0.1, 0.15) is 66.7 Å². The van der Waals surface area contributed by atoms with Gasteiger partial charge in [-0.15, -0.1) is 11.3 Å². The normalized spacial score (nSPS) is 15.2. The zero-order valence-corrected chi connectivity index (χ0v) is 38.2. The Morgan fingerprint density at radius 3 is 2.37 bits per heavy atom. The van der Waals surface area contributed by atoms with Crippen LogP contribution in [0.5, 0.6) is 11.5 Å². The van der Waals surface area contributed by atoms with Crippen molar-refractivity contribution in [2.24, 2.45) is 5.92 Å². The number of unbranched alkanes of at least 4 members (excludes halogenated alkanes) is 1. The molecule has 0 aliphatic carbocycles. The van der Waals surface area contributed by atoms with E-state index in [4.69, 9.17) is 19.4 Å². The number of carbonyl (C=O) groups excluding carboxylic acids is 5. The number of anilines is 4. The first-order valence-corrected chi connectivity index (χ1v) is 22.6. The lowest BCUT2D eigenvalue weighted by atomic mass is 10.0. The molecule has 1 unspecified atom stereocenters. The van der Waals surface area contributed by atoms with Crippen molar-refractivity contribution in [2.45, 2.75) is 91.0 Å². The summed E-state index contributed by atoms with van der Waals surface area (Å²) in [6, 6.07) is 13.7. The minimum atomic E-state index is -1.09. The van der Waals surface area contributed by atoms with E-state index in [0.717, 1.165) is 18.0 Å². The molecule has 5 N–H and O–H groups in total. The first kappa shape index (κ1) is 47.5. The van der Waals surface area contributed by atoms with Crippen LogP contribution in [0.2, 0.25) is 0 Å². The molecule has 342 valence electrons. The van der Waals surface area contributed by atoms with Gasteiger partial charge in [-0.25, -0.2) is 19.9 Å². The maximum Gasteiger partial charge on any atom is 0.293 e. The predicted octanol–water partition coefficient (Wildman–Crippen LogP) is 6.86. The van der Waals surface area contributed by atoms with Crippen molar-refractivity contribution in [3.63, 3.8) is 0 Å². The number of thiazole rings is 1. The van der Waals surface area contributed by atoms with E-state index in [2.05, 4.69) is 36.6 Å². The highest BCUT2D eigenvalue weighted by Gasteiger charge is 2.44. The van der Waals surface area contributed by atoms with Crippen molar-refractivity contribution < 1.29 is 33.4 Å². The van der Waals surface area contributed by atoms with Crippen LogP contribution < -0.4 is 36.1 Å². The monoisotopic (exact) mass is 904 g/mol. The van der Waals surface area contributed by atoms with Crippen molar-refractivity contribution in [1.82, 2.24) is 30.2 Å². The molecule has 17 nitrogen and oxygen atoms in total. The molecule has 1 fully saturated rings. The standard InChI is InChI=1S/C47H56N10O7S/c1-7-8-9-10-11-17-41(59)53-33-15-12-13-16-34(33)54-44(61)39(58)25-50-43(60)38-23-31(26-57(38)45(62)42(28(2)3)56-46-48-20-14-21-49-46)64-40-24-36(37-27-65-47(55-37)51-29(4)5)52-35-22-30(63-6)18-19-32(35)40/h8-9,12-16,18-22,24,27-29,31,38,42H,7,10-11,17,23,25-26H2,1-6H3,(H,50,60)(H,51,55)(H,53,59)(H,54,61)(H,48,49,56)/b9-8+/t31-,38-,42?/m0/s1. The number of nitrogens with one attached hydrogen (secondary N) is 5. The molecule has 2 aromatic carbocycles. The van der Waals surface area contributed by atoms with Crippen LogP contribution in [-0.4, -0.2) is 98.7 Å². The van der Waals surface area contributed by atoms with Crippen LogP contribution in [-0.2, 0) is 24.0 Å². The topological polar surface area (TPSA) is 219 Å². The number of ether oxygens (including phenoxy) is 2. The number of nitrogens with zero attached hydrogens (tertiary/aromatic N) is 5. The van der Waals surface area contributed by atoms with Gasteiger partial charge in [0.25, 0.3) is 5.91 Å². The number of benzene rings is 2. The second-order valence-corrected chi connectivity index (χ2v) is 17.0. The van der Waals surface area contributed by atoms with Crippen LogP contribution in [0, 0.1) is 5.92 Å². The van der Waals surface area contributed by atoms with Crippen molar-refractivity contribution >= 4 is 74.1 Å². The van der Waals surface area contributed by atoms with Gasteiger partial charge in [-0.1, -0.05) is 45.1 Å². The Bertz CT molecular complexity index is 2500. The number of hydrogen-bond acceptors (Lipinski definition) is 14. The highest BCUT2D eigenvalue weighted by atomic mass is 32.1. The third-order valence-corrected chi connectivity index (χ3v) is 11.2. The minimum absolute atomic E-state index is 0.0122. The molecule has 0 saturated carbocycles. The van der Waals surface area contributed by atoms with Gasteiger partial charge in [-0.05, 0) is 69.4 Å². The van der Waals surface area contributed by atoms with Gasteiger partial charge < -0.3 is 41.0 Å². The summed E-state index contributed by atoms with van der Waals surface area (Å²) in [4.78, 5) is 87.3. The number of Topliss-reactive ketones (excluding diaryl/α,β-unsaturated/α-hetero) is 1. The lowest BCUT2D eigenvalue weighted by Crippen LogP contribution is -2.53. The number of pyridine rings is 1. The number of para-hydroxylation sites is 2. The number of ketones is 1. The van der Waals surface area contributed by atoms with Crippen LogP contribution in [0.15, 0.2) is 84.5 Å². The van der Waals surface area contributed by atoms with E-state index in [0.29, 0.717) is 45.9 Å². The molecule has 18 heteroatoms. The Kier molecular flexibility index (Phi) is 16.5. The summed E-state index contributed by atoms with van der Waals surface area (Å²) < 4.78 is 12.2. The van der Waals surface area contributed by atoms with Crippen LogP contribution in [0.3, 0.4) is 0 Å². The van der Waals surface area contributed by atoms with E-state index in [1.165, 1.54) is 16.2 Å². The van der Waals surface area contributed by atoms with E-state index in [1.807, 2.05) is 58.2 Å². The first-order chi connectivity index (χ1) is 31.3. The number of aromatic nitrogens is 4. The molecule has 0 radical (unpaired) electrons. The quantitative estimate of drug-likeness (QED) is 0.0289. The molecule has 0 bridgehead atoms. The van der Waals surface area contributed by atoms with Crippen molar-refractivity contribution in [3.05, 3.63) is 84.5 Å². The van der Waals surface area contributed by atoms with E-state index >= 15 is 0 Å². The molecule has 4 amide bonds. The Labute approximate surface area is 382 Å². The number of amides is 4. The Morgan fingerprint density at radius 2 is 1.66 bits per heavy atom. The van der Waals surface area contributed by atoms with Gasteiger partial charge in [0.1, 0.15) is 35.4 Å². The number of carbonyl (C=O) groups is 5. The minimum Gasteiger partial charge on any atom is -0.497 e. The number of allylic oxidation sites excluding steroid dienone is 2. The largest absolute Gasteiger partial charge is 0.497 e. The van der Waals surface area contributed by atoms with Crippen LogP contribution >= 0.6 is 11.3 Å². The number of methoxy groups -OCH3 is 1. The molecule has 1 aliphatic rings. The van der Waals surface area contributed by atoms with Crippen molar-refractivity contribution in [2.75, 3.05) is 41.5 Å². The van der Waals surface area contributed by atoms with Gasteiger partial charge in [0.05, 0.1) is 42.8 Å². The Hall–Kier alpha value is -6.95. The van der Waals surface area contributed by atoms with E-state index in [9.17, 15) is 24.0 Å². The van der Waals surface area contributed by atoms with E-state index in [-0.39, 0.29) is 48.9 Å². The Morgan fingerprint density at radius 1 is 0.908 bits per heavy atom. The number of likely N-dealkylation sites (tertiary alicyclic amines) is 1. The van der Waals surface area contributed by atoms with Gasteiger partial charge in [0.15, 0.2) is 5.13 Å². The highest BCUT2D eigenvalue weighted by molar-refractivity contribution is 7.14. The van der Waals surface area contributed by atoms with Crippen molar-refractivity contribution in [3.8, 4) is 22.9 Å². The van der Waals surface area contributed by atoms with Crippen LogP contribution in [0.25, 0.3) is 22.3 Å². The molecule has 1 aliphatic heterocycles.